The SMILES string of the molecule is O=Cc1ccc(C(=O)NCCN2CCC(OC(=O)Cc3ccccc3-c3ccccc3)CC2)cc1. The molecule has 0 saturated carbocycles. The molecule has 1 aliphatic rings. The monoisotopic (exact) mass is 470 g/mol. The van der Waals surface area contributed by atoms with Crippen molar-refractivity contribution >= 4 is 18.2 Å². The van der Waals surface area contributed by atoms with Crippen molar-refractivity contribution in [1.29, 1.82) is 0 Å². The Morgan fingerprint density at radius 2 is 1.60 bits per heavy atom. The molecule has 6 heteroatoms. The number of piperidine rings is 1. The minimum atomic E-state index is -0.195. The highest BCUT2D eigenvalue weighted by atomic mass is 16.5. The number of nitrogens with one attached hydrogen (secondary N) is 1. The summed E-state index contributed by atoms with van der Waals surface area (Å²) >= 11 is 0. The van der Waals surface area contributed by atoms with Gasteiger partial charge in [0.25, 0.3) is 5.91 Å². The van der Waals surface area contributed by atoms with Gasteiger partial charge in [0.05, 0.1) is 6.42 Å². The van der Waals surface area contributed by atoms with Crippen molar-refractivity contribution in [2.75, 3.05) is 26.2 Å². The molecule has 1 aliphatic heterocycles. The number of amides is 1. The number of benzene rings is 3. The zero-order chi connectivity index (χ0) is 24.5. The fourth-order valence-corrected chi connectivity index (χ4v) is 4.35. The van der Waals surface area contributed by atoms with E-state index < -0.39 is 0 Å². The molecule has 1 saturated heterocycles. The molecule has 35 heavy (non-hydrogen) atoms. The lowest BCUT2D eigenvalue weighted by atomic mass is 9.98. The van der Waals surface area contributed by atoms with Gasteiger partial charge in [0, 0.05) is 37.3 Å². The van der Waals surface area contributed by atoms with E-state index >= 15 is 0 Å². The van der Waals surface area contributed by atoms with Gasteiger partial charge in [0.1, 0.15) is 12.4 Å². The summed E-state index contributed by atoms with van der Waals surface area (Å²) in [4.78, 5) is 37.9. The molecule has 0 atom stereocenters. The first-order chi connectivity index (χ1) is 17.1. The highest BCUT2D eigenvalue weighted by molar-refractivity contribution is 5.94. The number of rotatable bonds is 9. The maximum absolute atomic E-state index is 12.7. The second kappa shape index (κ2) is 12.1. The lowest BCUT2D eigenvalue weighted by Crippen LogP contribution is -2.42. The molecule has 1 heterocycles. The molecular formula is C29H30N2O4. The first-order valence-electron chi connectivity index (χ1n) is 12.0. The van der Waals surface area contributed by atoms with Gasteiger partial charge in [-0.1, -0.05) is 66.7 Å². The Hall–Kier alpha value is -3.77. The van der Waals surface area contributed by atoms with E-state index in [1.54, 1.807) is 24.3 Å². The normalized spacial score (nSPS) is 14.3. The highest BCUT2D eigenvalue weighted by Gasteiger charge is 2.22. The van der Waals surface area contributed by atoms with Crippen LogP contribution in [-0.2, 0) is 16.0 Å². The van der Waals surface area contributed by atoms with Crippen LogP contribution in [0.1, 0.15) is 39.1 Å². The summed E-state index contributed by atoms with van der Waals surface area (Å²) in [5.74, 6) is -0.346. The first-order valence-corrected chi connectivity index (χ1v) is 12.0. The van der Waals surface area contributed by atoms with Gasteiger partial charge in [-0.15, -0.1) is 0 Å². The second-order valence-electron chi connectivity index (χ2n) is 8.73. The summed E-state index contributed by atoms with van der Waals surface area (Å²) in [7, 11) is 0. The summed E-state index contributed by atoms with van der Waals surface area (Å²) in [5, 5.41) is 2.92. The van der Waals surface area contributed by atoms with Crippen LogP contribution < -0.4 is 5.32 Å². The fourth-order valence-electron chi connectivity index (χ4n) is 4.35. The molecule has 0 radical (unpaired) electrons. The van der Waals surface area contributed by atoms with Crippen LogP contribution in [0.3, 0.4) is 0 Å². The largest absolute Gasteiger partial charge is 0.462 e. The van der Waals surface area contributed by atoms with Crippen molar-refractivity contribution in [1.82, 2.24) is 10.2 Å². The highest BCUT2D eigenvalue weighted by Crippen LogP contribution is 2.24. The Morgan fingerprint density at radius 3 is 2.31 bits per heavy atom. The van der Waals surface area contributed by atoms with Gasteiger partial charge in [0.15, 0.2) is 0 Å². The maximum Gasteiger partial charge on any atom is 0.310 e. The van der Waals surface area contributed by atoms with E-state index in [0.29, 0.717) is 17.7 Å². The van der Waals surface area contributed by atoms with Crippen LogP contribution in [-0.4, -0.2) is 55.3 Å². The number of nitrogens with zero attached hydrogens (tertiary/aromatic N) is 1. The second-order valence-corrected chi connectivity index (χ2v) is 8.73. The number of hydrogen-bond acceptors (Lipinski definition) is 5. The number of ether oxygens (including phenoxy) is 1. The summed E-state index contributed by atoms with van der Waals surface area (Å²) in [6.45, 7) is 2.92. The molecule has 0 unspecified atom stereocenters. The van der Waals surface area contributed by atoms with Crippen LogP contribution in [0.25, 0.3) is 11.1 Å². The van der Waals surface area contributed by atoms with Crippen LogP contribution in [0.15, 0.2) is 78.9 Å². The predicted molar refractivity (Wildman–Crippen MR) is 135 cm³/mol. The third-order valence-corrected chi connectivity index (χ3v) is 6.29. The average molecular weight is 471 g/mol. The van der Waals surface area contributed by atoms with Crippen molar-refractivity contribution < 1.29 is 19.1 Å². The van der Waals surface area contributed by atoms with Crippen molar-refractivity contribution in [3.05, 3.63) is 95.6 Å². The Kier molecular flexibility index (Phi) is 8.41. The van der Waals surface area contributed by atoms with Gasteiger partial charge in [-0.05, 0) is 41.7 Å². The Bertz CT molecular complexity index is 1140. The van der Waals surface area contributed by atoms with Gasteiger partial charge in [-0.2, -0.15) is 0 Å². The van der Waals surface area contributed by atoms with Crippen molar-refractivity contribution in [2.24, 2.45) is 0 Å². The third kappa shape index (κ3) is 6.87. The molecular weight excluding hydrogens is 440 g/mol. The third-order valence-electron chi connectivity index (χ3n) is 6.29. The van der Waals surface area contributed by atoms with Crippen molar-refractivity contribution in [2.45, 2.75) is 25.4 Å². The zero-order valence-corrected chi connectivity index (χ0v) is 19.7. The Morgan fingerprint density at radius 1 is 0.914 bits per heavy atom. The Labute approximate surface area is 205 Å². The van der Waals surface area contributed by atoms with E-state index in [2.05, 4.69) is 10.2 Å². The number of carbonyl (C=O) groups excluding carboxylic acids is 3. The van der Waals surface area contributed by atoms with E-state index in [0.717, 1.165) is 55.5 Å². The van der Waals surface area contributed by atoms with Gasteiger partial charge in [-0.25, -0.2) is 0 Å². The van der Waals surface area contributed by atoms with Crippen LogP contribution in [0.5, 0.6) is 0 Å². The molecule has 3 aromatic carbocycles. The van der Waals surface area contributed by atoms with Gasteiger partial charge >= 0.3 is 5.97 Å². The molecule has 0 aromatic heterocycles. The van der Waals surface area contributed by atoms with E-state index in [-0.39, 0.29) is 24.4 Å². The number of aldehydes is 1. The smallest absolute Gasteiger partial charge is 0.310 e. The van der Waals surface area contributed by atoms with Gasteiger partial charge < -0.3 is 15.0 Å². The lowest BCUT2D eigenvalue weighted by molar-refractivity contribution is -0.150. The number of carbonyl (C=O) groups is 3. The molecule has 1 fully saturated rings. The maximum atomic E-state index is 12.7. The average Bonchev–Trinajstić information content (AvgIpc) is 2.90. The summed E-state index contributed by atoms with van der Waals surface area (Å²) in [6.07, 6.45) is 2.51. The van der Waals surface area contributed by atoms with Gasteiger partial charge in [0.2, 0.25) is 0 Å². The minimum absolute atomic E-state index is 0.0754. The van der Waals surface area contributed by atoms with E-state index in [1.165, 1.54) is 0 Å². The van der Waals surface area contributed by atoms with Crippen molar-refractivity contribution in [3.63, 3.8) is 0 Å². The number of esters is 1. The van der Waals surface area contributed by atoms with Crippen LogP contribution in [0.2, 0.25) is 0 Å². The standard InChI is InChI=1S/C29H30N2O4/c32-21-22-10-12-24(13-11-22)29(34)30-16-19-31-17-14-26(15-18-31)35-28(33)20-25-8-4-5-9-27(25)23-6-2-1-3-7-23/h1-13,21,26H,14-20H2,(H,30,34). The molecule has 1 N–H and O–H groups in total. The predicted octanol–water partition coefficient (Wildman–Crippen LogP) is 4.15. The molecule has 0 bridgehead atoms. The summed E-state index contributed by atoms with van der Waals surface area (Å²) < 4.78 is 5.79. The van der Waals surface area contributed by atoms with Crippen LogP contribution in [0.4, 0.5) is 0 Å². The summed E-state index contributed by atoms with van der Waals surface area (Å²) in [5.41, 5.74) is 4.20. The molecule has 4 rings (SSSR count). The lowest BCUT2D eigenvalue weighted by Gasteiger charge is -2.31. The number of hydrogen-bond donors (Lipinski definition) is 1. The van der Waals surface area contributed by atoms with Crippen molar-refractivity contribution in [3.8, 4) is 11.1 Å². The van der Waals surface area contributed by atoms with Gasteiger partial charge in [-0.3, -0.25) is 14.4 Å². The molecule has 1 amide bonds. The topological polar surface area (TPSA) is 75.7 Å². The molecule has 0 aliphatic carbocycles. The molecule has 180 valence electrons. The zero-order valence-electron chi connectivity index (χ0n) is 19.7. The summed E-state index contributed by atoms with van der Waals surface area (Å²) in [6, 6.07) is 24.6. The molecule has 3 aromatic rings. The van der Waals surface area contributed by atoms with E-state index in [1.807, 2.05) is 54.6 Å². The Balaban J connectivity index is 1.19. The quantitative estimate of drug-likeness (QED) is 0.376. The first kappa shape index (κ1) is 24.4. The molecule has 0 spiro atoms. The number of likely N-dealkylation sites (tertiary alicyclic amines) is 1. The molecule has 6 nitrogen and oxygen atoms in total. The minimum Gasteiger partial charge on any atom is -0.462 e. The van der Waals surface area contributed by atoms with Crippen LogP contribution >= 0.6 is 0 Å². The van der Waals surface area contributed by atoms with E-state index in [4.69, 9.17) is 4.74 Å². The van der Waals surface area contributed by atoms with Crippen LogP contribution in [0, 0.1) is 0 Å². The van der Waals surface area contributed by atoms with E-state index in [9.17, 15) is 14.4 Å². The fraction of sp³-hybridized carbons (Fsp3) is 0.276.